The summed E-state index contributed by atoms with van der Waals surface area (Å²) in [5.41, 5.74) is 5.56. The summed E-state index contributed by atoms with van der Waals surface area (Å²) in [7, 11) is 0. The van der Waals surface area contributed by atoms with Crippen molar-refractivity contribution in [2.45, 2.75) is 19.9 Å². The zero-order chi connectivity index (χ0) is 12.5. The maximum Gasteiger partial charge on any atom is 0.166 e. The van der Waals surface area contributed by atoms with E-state index in [9.17, 15) is 14.6 Å². The molecule has 0 aromatic heterocycles. The number of aliphatic hydroxyl groups is 1. The van der Waals surface area contributed by atoms with E-state index >= 15 is 0 Å². The summed E-state index contributed by atoms with van der Waals surface area (Å²) in [6.45, 7) is 3.34. The van der Waals surface area contributed by atoms with Crippen LogP contribution in [0, 0.1) is 11.2 Å². The number of halogens is 2. The molecule has 1 aromatic rings. The monoisotopic (exact) mass is 291 g/mol. The van der Waals surface area contributed by atoms with Crippen molar-refractivity contribution in [3.63, 3.8) is 0 Å². The zero-order valence-corrected chi connectivity index (χ0v) is 10.8. The molecule has 0 fully saturated rings. The summed E-state index contributed by atoms with van der Waals surface area (Å²) in [5, 5.41) is 18.8. The fourth-order valence-corrected chi connectivity index (χ4v) is 1.79. The summed E-state index contributed by atoms with van der Waals surface area (Å²) >= 11 is 3.13. The average molecular weight is 292 g/mol. The molecule has 0 aliphatic carbocycles. The smallest absolute Gasteiger partial charge is 0.166 e. The number of hydrogen-bond acceptors (Lipinski definition) is 3. The van der Waals surface area contributed by atoms with Gasteiger partial charge in [-0.05, 0) is 12.1 Å². The van der Waals surface area contributed by atoms with Crippen LogP contribution in [0.4, 0.5) is 4.39 Å². The Labute approximate surface area is 102 Å². The van der Waals surface area contributed by atoms with Gasteiger partial charge in [0.2, 0.25) is 0 Å². The van der Waals surface area contributed by atoms with Crippen LogP contribution in [0.15, 0.2) is 16.6 Å². The highest BCUT2D eigenvalue weighted by atomic mass is 79.9. The molecule has 3 nitrogen and oxygen atoms in total. The van der Waals surface area contributed by atoms with E-state index in [0.717, 1.165) is 6.07 Å². The Kier molecular flexibility index (Phi) is 3.93. The second kappa shape index (κ2) is 4.69. The largest absolute Gasteiger partial charge is 0.505 e. The Hall–Kier alpha value is -0.650. The quantitative estimate of drug-likeness (QED) is 0.801. The van der Waals surface area contributed by atoms with Gasteiger partial charge in [-0.25, -0.2) is 4.39 Å². The van der Waals surface area contributed by atoms with E-state index in [1.807, 2.05) is 0 Å². The molecular weight excluding hydrogens is 277 g/mol. The predicted molar refractivity (Wildman–Crippen MR) is 63.6 cm³/mol. The molecular formula is C11H15BrFNO2. The van der Waals surface area contributed by atoms with Crippen LogP contribution in [-0.4, -0.2) is 16.8 Å². The van der Waals surface area contributed by atoms with Crippen LogP contribution in [0.5, 0.6) is 5.75 Å². The lowest BCUT2D eigenvalue weighted by Gasteiger charge is -2.30. The lowest BCUT2D eigenvalue weighted by Crippen LogP contribution is -2.32. The first-order valence-corrected chi connectivity index (χ1v) is 5.63. The van der Waals surface area contributed by atoms with E-state index in [1.54, 1.807) is 19.9 Å². The standard InChI is InChI=1S/C11H15BrFNO2/c1-11(2,5-15)10(14)7-3-6(12)4-8(13)9(7)16/h3-4,10,15-16H,5,14H2,1-2H3/t10-/m1/s1. The van der Waals surface area contributed by atoms with E-state index in [0.29, 0.717) is 4.47 Å². The first kappa shape index (κ1) is 13.4. The van der Waals surface area contributed by atoms with Gasteiger partial charge in [-0.15, -0.1) is 0 Å². The number of phenols is 1. The lowest BCUT2D eigenvalue weighted by atomic mass is 9.81. The van der Waals surface area contributed by atoms with Gasteiger partial charge < -0.3 is 15.9 Å². The second-order valence-corrected chi connectivity index (χ2v) is 5.37. The molecule has 16 heavy (non-hydrogen) atoms. The van der Waals surface area contributed by atoms with Gasteiger partial charge in [0.25, 0.3) is 0 Å². The van der Waals surface area contributed by atoms with Crippen LogP contribution < -0.4 is 5.73 Å². The van der Waals surface area contributed by atoms with E-state index < -0.39 is 23.0 Å². The first-order valence-electron chi connectivity index (χ1n) is 4.84. The first-order chi connectivity index (χ1) is 7.29. The van der Waals surface area contributed by atoms with Gasteiger partial charge in [-0.1, -0.05) is 29.8 Å². The SMILES string of the molecule is CC(C)(CO)[C@H](N)c1cc(Br)cc(F)c1O. The molecule has 0 amide bonds. The van der Waals surface area contributed by atoms with Crippen LogP contribution in [0.2, 0.25) is 0 Å². The number of aliphatic hydroxyl groups excluding tert-OH is 1. The van der Waals surface area contributed by atoms with E-state index in [-0.39, 0.29) is 12.2 Å². The molecule has 0 radical (unpaired) electrons. The Balaban J connectivity index is 3.23. The van der Waals surface area contributed by atoms with Crippen LogP contribution in [0.25, 0.3) is 0 Å². The Bertz CT molecular complexity index is 396. The number of phenolic OH excluding ortho intramolecular Hbond substituents is 1. The van der Waals surface area contributed by atoms with Gasteiger partial charge in [-0.2, -0.15) is 0 Å². The Morgan fingerprint density at radius 1 is 1.50 bits per heavy atom. The fraction of sp³-hybridized carbons (Fsp3) is 0.455. The molecule has 0 saturated carbocycles. The second-order valence-electron chi connectivity index (χ2n) is 4.45. The number of rotatable bonds is 3. The van der Waals surface area contributed by atoms with Crippen molar-refractivity contribution >= 4 is 15.9 Å². The van der Waals surface area contributed by atoms with Crippen LogP contribution in [0.1, 0.15) is 25.5 Å². The molecule has 0 spiro atoms. The topological polar surface area (TPSA) is 66.5 Å². The molecule has 0 aliphatic heterocycles. The van der Waals surface area contributed by atoms with E-state index in [1.165, 1.54) is 0 Å². The van der Waals surface area contributed by atoms with E-state index in [4.69, 9.17) is 5.73 Å². The summed E-state index contributed by atoms with van der Waals surface area (Å²) < 4.78 is 13.8. The van der Waals surface area contributed by atoms with Crippen molar-refractivity contribution in [2.24, 2.45) is 11.1 Å². The molecule has 0 saturated heterocycles. The third kappa shape index (κ3) is 2.53. The molecule has 1 aromatic carbocycles. The molecule has 0 unspecified atom stereocenters. The van der Waals surface area contributed by atoms with Crippen LogP contribution in [-0.2, 0) is 0 Å². The predicted octanol–water partition coefficient (Wildman–Crippen LogP) is 2.31. The van der Waals surface area contributed by atoms with Crippen molar-refractivity contribution in [2.75, 3.05) is 6.61 Å². The fourth-order valence-electron chi connectivity index (χ4n) is 1.34. The average Bonchev–Trinajstić information content (AvgIpc) is 2.22. The third-order valence-corrected chi connectivity index (χ3v) is 3.10. The van der Waals surface area contributed by atoms with E-state index in [2.05, 4.69) is 15.9 Å². The minimum Gasteiger partial charge on any atom is -0.505 e. The van der Waals surface area contributed by atoms with Crippen LogP contribution >= 0.6 is 15.9 Å². The zero-order valence-electron chi connectivity index (χ0n) is 9.17. The number of hydrogen-bond donors (Lipinski definition) is 3. The Morgan fingerprint density at radius 2 is 2.06 bits per heavy atom. The van der Waals surface area contributed by atoms with Gasteiger partial charge in [-0.3, -0.25) is 0 Å². The highest BCUT2D eigenvalue weighted by Gasteiger charge is 2.30. The molecule has 0 heterocycles. The number of benzene rings is 1. The van der Waals surface area contributed by atoms with Gasteiger partial charge in [0.1, 0.15) is 0 Å². The maximum absolute atomic E-state index is 13.3. The summed E-state index contributed by atoms with van der Waals surface area (Å²) in [6.07, 6.45) is 0. The maximum atomic E-state index is 13.3. The summed E-state index contributed by atoms with van der Waals surface area (Å²) in [4.78, 5) is 0. The van der Waals surface area contributed by atoms with Gasteiger partial charge >= 0.3 is 0 Å². The summed E-state index contributed by atoms with van der Waals surface area (Å²) in [5.74, 6) is -1.19. The lowest BCUT2D eigenvalue weighted by molar-refractivity contribution is 0.131. The molecule has 1 rings (SSSR count). The normalized spacial score (nSPS) is 13.9. The molecule has 4 N–H and O–H groups in total. The molecule has 90 valence electrons. The van der Waals surface area contributed by atoms with Gasteiger partial charge in [0, 0.05) is 28.1 Å². The number of aromatic hydroxyl groups is 1. The van der Waals surface area contributed by atoms with Gasteiger partial charge in [0.15, 0.2) is 11.6 Å². The molecule has 0 bridgehead atoms. The van der Waals surface area contributed by atoms with Crippen molar-refractivity contribution in [1.29, 1.82) is 0 Å². The molecule has 5 heteroatoms. The minimum absolute atomic E-state index is 0.151. The highest BCUT2D eigenvalue weighted by molar-refractivity contribution is 9.10. The highest BCUT2D eigenvalue weighted by Crippen LogP contribution is 2.37. The van der Waals surface area contributed by atoms with Crippen molar-refractivity contribution in [3.05, 3.63) is 28.0 Å². The number of nitrogens with two attached hydrogens (primary N) is 1. The van der Waals surface area contributed by atoms with Crippen molar-refractivity contribution in [1.82, 2.24) is 0 Å². The van der Waals surface area contributed by atoms with Crippen molar-refractivity contribution < 1.29 is 14.6 Å². The van der Waals surface area contributed by atoms with Crippen molar-refractivity contribution in [3.8, 4) is 5.75 Å². The molecule has 0 aliphatic rings. The molecule has 1 atom stereocenters. The Morgan fingerprint density at radius 3 is 2.56 bits per heavy atom. The minimum atomic E-state index is -0.728. The third-order valence-electron chi connectivity index (χ3n) is 2.64. The van der Waals surface area contributed by atoms with Gasteiger partial charge in [0.05, 0.1) is 0 Å². The van der Waals surface area contributed by atoms with Crippen LogP contribution in [0.3, 0.4) is 0 Å². The summed E-state index contributed by atoms with van der Waals surface area (Å²) in [6, 6.07) is 2.07.